The van der Waals surface area contributed by atoms with E-state index in [-0.39, 0.29) is 0 Å². The summed E-state index contributed by atoms with van der Waals surface area (Å²) in [5.74, 6) is 0. The molecule has 0 fully saturated rings. The number of aliphatic hydroxyl groups excluding tert-OH is 1. The van der Waals surface area contributed by atoms with E-state index in [1.807, 2.05) is 6.07 Å². The fraction of sp³-hybridized carbons (Fsp3) is 0.182. The van der Waals surface area contributed by atoms with Gasteiger partial charge in [0.15, 0.2) is 0 Å². The van der Waals surface area contributed by atoms with Crippen LogP contribution in [0.4, 0.5) is 0 Å². The molecule has 66 valence electrons. The molecule has 13 heavy (non-hydrogen) atoms. The fourth-order valence-corrected chi connectivity index (χ4v) is 1.11. The van der Waals surface area contributed by atoms with Crippen LogP contribution in [0.5, 0.6) is 0 Å². The Labute approximate surface area is 77.8 Å². The Morgan fingerprint density at radius 1 is 1.62 bits per heavy atom. The Morgan fingerprint density at radius 3 is 3.00 bits per heavy atom. The van der Waals surface area contributed by atoms with Gasteiger partial charge in [-0.05, 0) is 24.1 Å². The standard InChI is InChI=1S/C11H11NO/c1-2-4-11(13)10-6-3-5-9(7-10)8-12/h2-3,5-7,11,13H,1,4H2/t11-/m0/s1. The smallest absolute Gasteiger partial charge is 0.0991 e. The first-order chi connectivity index (χ1) is 6.27. The zero-order valence-corrected chi connectivity index (χ0v) is 7.27. The summed E-state index contributed by atoms with van der Waals surface area (Å²) >= 11 is 0. The van der Waals surface area contributed by atoms with Gasteiger partial charge in [0.25, 0.3) is 0 Å². The molecule has 0 spiro atoms. The number of rotatable bonds is 3. The Bertz CT molecular complexity index is 338. The van der Waals surface area contributed by atoms with E-state index in [0.717, 1.165) is 5.56 Å². The summed E-state index contributed by atoms with van der Waals surface area (Å²) in [5.41, 5.74) is 1.33. The summed E-state index contributed by atoms with van der Waals surface area (Å²) in [4.78, 5) is 0. The third kappa shape index (κ3) is 2.43. The van der Waals surface area contributed by atoms with Crippen LogP contribution >= 0.6 is 0 Å². The molecule has 0 aliphatic carbocycles. The van der Waals surface area contributed by atoms with E-state index in [2.05, 4.69) is 6.58 Å². The van der Waals surface area contributed by atoms with Crippen molar-refractivity contribution in [3.05, 3.63) is 48.0 Å². The summed E-state index contributed by atoms with van der Waals surface area (Å²) in [6.07, 6.45) is 1.62. The van der Waals surface area contributed by atoms with Gasteiger partial charge in [0.1, 0.15) is 0 Å². The van der Waals surface area contributed by atoms with Gasteiger partial charge >= 0.3 is 0 Å². The highest BCUT2D eigenvalue weighted by Crippen LogP contribution is 2.17. The van der Waals surface area contributed by atoms with E-state index in [4.69, 9.17) is 5.26 Å². The summed E-state index contributed by atoms with van der Waals surface area (Å²) < 4.78 is 0. The quantitative estimate of drug-likeness (QED) is 0.712. The van der Waals surface area contributed by atoms with Crippen LogP contribution in [0.25, 0.3) is 0 Å². The van der Waals surface area contributed by atoms with Crippen molar-refractivity contribution in [1.29, 1.82) is 5.26 Å². The Balaban J connectivity index is 2.89. The summed E-state index contributed by atoms with van der Waals surface area (Å²) in [5, 5.41) is 18.2. The molecule has 1 rings (SSSR count). The molecule has 1 aromatic carbocycles. The molecular formula is C11H11NO. The lowest BCUT2D eigenvalue weighted by Crippen LogP contribution is -1.95. The maximum Gasteiger partial charge on any atom is 0.0991 e. The van der Waals surface area contributed by atoms with Crippen molar-refractivity contribution < 1.29 is 5.11 Å². The molecule has 0 amide bonds. The van der Waals surface area contributed by atoms with Gasteiger partial charge in [-0.15, -0.1) is 6.58 Å². The minimum Gasteiger partial charge on any atom is -0.388 e. The molecule has 0 heterocycles. The van der Waals surface area contributed by atoms with Gasteiger partial charge in [0.2, 0.25) is 0 Å². The largest absolute Gasteiger partial charge is 0.388 e. The van der Waals surface area contributed by atoms with E-state index in [9.17, 15) is 5.11 Å². The molecule has 0 aromatic heterocycles. The molecule has 0 aliphatic rings. The normalized spacial score (nSPS) is 11.7. The molecule has 2 heteroatoms. The van der Waals surface area contributed by atoms with Crippen LogP contribution in [0.1, 0.15) is 23.7 Å². The van der Waals surface area contributed by atoms with Crippen molar-refractivity contribution in [2.75, 3.05) is 0 Å². The molecular weight excluding hydrogens is 162 g/mol. The van der Waals surface area contributed by atoms with Gasteiger partial charge in [-0.3, -0.25) is 0 Å². The van der Waals surface area contributed by atoms with Crippen LogP contribution in [-0.4, -0.2) is 5.11 Å². The van der Waals surface area contributed by atoms with Crippen molar-refractivity contribution in [2.24, 2.45) is 0 Å². The zero-order chi connectivity index (χ0) is 9.68. The van der Waals surface area contributed by atoms with Crippen molar-refractivity contribution in [3.63, 3.8) is 0 Å². The summed E-state index contributed by atoms with van der Waals surface area (Å²) in [6, 6.07) is 8.99. The van der Waals surface area contributed by atoms with Gasteiger partial charge in [-0.1, -0.05) is 18.2 Å². The Kier molecular flexibility index (Phi) is 3.24. The molecule has 1 atom stereocenters. The third-order valence-electron chi connectivity index (χ3n) is 1.79. The number of nitrogens with zero attached hydrogens (tertiary/aromatic N) is 1. The van der Waals surface area contributed by atoms with Crippen molar-refractivity contribution in [2.45, 2.75) is 12.5 Å². The van der Waals surface area contributed by atoms with Crippen molar-refractivity contribution in [3.8, 4) is 6.07 Å². The van der Waals surface area contributed by atoms with Crippen molar-refractivity contribution in [1.82, 2.24) is 0 Å². The zero-order valence-electron chi connectivity index (χ0n) is 7.27. The van der Waals surface area contributed by atoms with Crippen LogP contribution in [0.3, 0.4) is 0 Å². The van der Waals surface area contributed by atoms with E-state index in [0.29, 0.717) is 12.0 Å². The lowest BCUT2D eigenvalue weighted by molar-refractivity contribution is 0.181. The molecule has 0 unspecified atom stereocenters. The van der Waals surface area contributed by atoms with Gasteiger partial charge in [-0.25, -0.2) is 0 Å². The van der Waals surface area contributed by atoms with Gasteiger partial charge < -0.3 is 5.11 Å². The number of nitriles is 1. The predicted octanol–water partition coefficient (Wildman–Crippen LogP) is 2.17. The lowest BCUT2D eigenvalue weighted by Gasteiger charge is -2.07. The second kappa shape index (κ2) is 4.44. The van der Waals surface area contributed by atoms with Crippen LogP contribution in [0, 0.1) is 11.3 Å². The number of aliphatic hydroxyl groups is 1. The van der Waals surface area contributed by atoms with Crippen LogP contribution in [-0.2, 0) is 0 Å². The first-order valence-corrected chi connectivity index (χ1v) is 4.07. The minimum atomic E-state index is -0.550. The highest BCUT2D eigenvalue weighted by atomic mass is 16.3. The molecule has 0 saturated heterocycles. The Hall–Kier alpha value is -1.59. The SMILES string of the molecule is C=CC[C@H](O)c1cccc(C#N)c1. The van der Waals surface area contributed by atoms with E-state index in [1.54, 1.807) is 30.3 Å². The van der Waals surface area contributed by atoms with Crippen molar-refractivity contribution >= 4 is 0 Å². The molecule has 0 aliphatic heterocycles. The fourth-order valence-electron chi connectivity index (χ4n) is 1.11. The third-order valence-corrected chi connectivity index (χ3v) is 1.79. The first-order valence-electron chi connectivity index (χ1n) is 4.07. The van der Waals surface area contributed by atoms with Crippen LogP contribution in [0.2, 0.25) is 0 Å². The molecule has 1 aromatic rings. The Morgan fingerprint density at radius 2 is 2.38 bits per heavy atom. The monoisotopic (exact) mass is 173 g/mol. The number of hydrogen-bond acceptors (Lipinski definition) is 2. The highest BCUT2D eigenvalue weighted by molar-refractivity contribution is 5.33. The lowest BCUT2D eigenvalue weighted by atomic mass is 10.0. The van der Waals surface area contributed by atoms with Gasteiger partial charge in [-0.2, -0.15) is 5.26 Å². The molecule has 0 saturated carbocycles. The maximum atomic E-state index is 9.56. The molecule has 2 nitrogen and oxygen atoms in total. The molecule has 0 bridgehead atoms. The van der Waals surface area contributed by atoms with E-state index in [1.165, 1.54) is 0 Å². The van der Waals surface area contributed by atoms with Gasteiger partial charge in [0, 0.05) is 0 Å². The van der Waals surface area contributed by atoms with Crippen LogP contribution in [0.15, 0.2) is 36.9 Å². The minimum absolute atomic E-state index is 0.509. The summed E-state index contributed by atoms with van der Waals surface area (Å²) in [7, 11) is 0. The van der Waals surface area contributed by atoms with E-state index < -0.39 is 6.10 Å². The second-order valence-electron chi connectivity index (χ2n) is 2.78. The predicted molar refractivity (Wildman–Crippen MR) is 50.9 cm³/mol. The van der Waals surface area contributed by atoms with E-state index >= 15 is 0 Å². The highest BCUT2D eigenvalue weighted by Gasteiger charge is 2.04. The second-order valence-corrected chi connectivity index (χ2v) is 2.78. The number of benzene rings is 1. The average molecular weight is 173 g/mol. The average Bonchev–Trinajstić information content (AvgIpc) is 2.18. The number of hydrogen-bond donors (Lipinski definition) is 1. The topological polar surface area (TPSA) is 44.0 Å². The molecule has 0 radical (unpaired) electrons. The summed E-state index contributed by atoms with van der Waals surface area (Å²) in [6.45, 7) is 3.54. The molecule has 1 N–H and O–H groups in total. The first kappa shape index (κ1) is 9.50. The van der Waals surface area contributed by atoms with Crippen LogP contribution < -0.4 is 0 Å². The van der Waals surface area contributed by atoms with Gasteiger partial charge in [0.05, 0.1) is 17.7 Å². The maximum absolute atomic E-state index is 9.56.